The normalized spacial score (nSPS) is 19.3. The van der Waals surface area contributed by atoms with E-state index in [1.807, 2.05) is 18.2 Å². The minimum Gasteiger partial charge on any atom is -0.357 e. The van der Waals surface area contributed by atoms with Crippen molar-refractivity contribution in [3.05, 3.63) is 35.4 Å². The Labute approximate surface area is 180 Å². The van der Waals surface area contributed by atoms with E-state index in [9.17, 15) is 4.79 Å². The lowest BCUT2D eigenvalue weighted by Crippen LogP contribution is -2.53. The first-order valence-electron chi connectivity index (χ1n) is 11.0. The van der Waals surface area contributed by atoms with E-state index < -0.39 is 0 Å². The Morgan fingerprint density at radius 3 is 2.79 bits per heavy atom. The third-order valence-electron chi connectivity index (χ3n) is 5.89. The number of nitrogens with one attached hydrogen (secondary N) is 1. The molecule has 0 atom stereocenters. The molecule has 160 valence electrons. The van der Waals surface area contributed by atoms with Crippen LogP contribution in [-0.2, 0) is 6.42 Å². The molecule has 1 aliphatic heterocycles. The molecule has 1 heterocycles. The summed E-state index contributed by atoms with van der Waals surface area (Å²) in [4.78, 5) is 21.2. The van der Waals surface area contributed by atoms with Crippen LogP contribution in [0.15, 0.2) is 29.3 Å². The van der Waals surface area contributed by atoms with Gasteiger partial charge in [0.05, 0.1) is 0 Å². The van der Waals surface area contributed by atoms with Gasteiger partial charge >= 0.3 is 0 Å². The monoisotopic (exact) mass is 416 g/mol. The van der Waals surface area contributed by atoms with E-state index >= 15 is 0 Å². The first kappa shape index (κ1) is 22.0. The number of carbonyl (C=O) groups excluding carboxylic acids is 1. The minimum absolute atomic E-state index is 0.0484. The molecule has 2 fully saturated rings. The van der Waals surface area contributed by atoms with Gasteiger partial charge in [0, 0.05) is 56.3 Å². The predicted molar refractivity (Wildman–Crippen MR) is 124 cm³/mol. The predicted octanol–water partition coefficient (Wildman–Crippen LogP) is 3.65. The summed E-state index contributed by atoms with van der Waals surface area (Å²) in [7, 11) is 3.58. The Morgan fingerprint density at radius 2 is 2.07 bits per heavy atom. The molecule has 1 saturated carbocycles. The van der Waals surface area contributed by atoms with Crippen LogP contribution in [0.5, 0.6) is 0 Å². The summed E-state index contributed by atoms with van der Waals surface area (Å²) in [6.45, 7) is 5.96. The highest BCUT2D eigenvalue weighted by atomic mass is 32.2. The van der Waals surface area contributed by atoms with Crippen LogP contribution in [0, 0.1) is 0 Å². The summed E-state index contributed by atoms with van der Waals surface area (Å²) in [6, 6.07) is 7.94. The molecule has 6 heteroatoms. The lowest BCUT2D eigenvalue weighted by Gasteiger charge is -2.45. The zero-order valence-electron chi connectivity index (χ0n) is 18.2. The second kappa shape index (κ2) is 10.4. The molecule has 0 bridgehead atoms. The maximum Gasteiger partial charge on any atom is 0.253 e. The average Bonchev–Trinajstić information content (AvgIpc) is 2.73. The molecule has 1 aromatic rings. The highest BCUT2D eigenvalue weighted by Gasteiger charge is 2.38. The molecule has 1 aromatic carbocycles. The highest BCUT2D eigenvalue weighted by molar-refractivity contribution is 8.00. The zero-order chi connectivity index (χ0) is 20.7. The van der Waals surface area contributed by atoms with E-state index in [0.717, 1.165) is 49.7 Å². The number of amides is 1. The zero-order valence-corrected chi connectivity index (χ0v) is 19.1. The van der Waals surface area contributed by atoms with Crippen LogP contribution in [0.2, 0.25) is 0 Å². The lowest BCUT2D eigenvalue weighted by molar-refractivity contribution is 0.0827. The van der Waals surface area contributed by atoms with Crippen molar-refractivity contribution in [3.8, 4) is 0 Å². The standard InChI is InChI=1S/C23H36N4OS/c1-4-24-22(27-15-16-29-23(18-27)12-6-5-7-13-23)25-14-11-19-9-8-10-20(17-19)21(28)26(2)3/h8-10,17H,4-7,11-16,18H2,1-3H3,(H,24,25). The van der Waals surface area contributed by atoms with Crippen molar-refractivity contribution in [2.24, 2.45) is 4.99 Å². The fourth-order valence-electron chi connectivity index (χ4n) is 4.36. The summed E-state index contributed by atoms with van der Waals surface area (Å²) in [5.41, 5.74) is 1.91. The SMILES string of the molecule is CCNC(=NCCc1cccc(C(=O)N(C)C)c1)N1CCSC2(CCCCC2)C1. The summed E-state index contributed by atoms with van der Waals surface area (Å²) in [5, 5.41) is 3.51. The van der Waals surface area contributed by atoms with Gasteiger partial charge in [-0.25, -0.2) is 0 Å². The molecule has 1 saturated heterocycles. The van der Waals surface area contributed by atoms with E-state index in [1.54, 1.807) is 19.0 Å². The molecule has 1 N–H and O–H groups in total. The number of aliphatic imine (C=N–C) groups is 1. The van der Waals surface area contributed by atoms with Crippen LogP contribution in [0.25, 0.3) is 0 Å². The topological polar surface area (TPSA) is 47.9 Å². The van der Waals surface area contributed by atoms with E-state index in [-0.39, 0.29) is 5.91 Å². The molecule has 1 aliphatic carbocycles. The van der Waals surface area contributed by atoms with Crippen LogP contribution in [-0.4, -0.2) is 72.4 Å². The fourth-order valence-corrected chi connectivity index (χ4v) is 5.93. The van der Waals surface area contributed by atoms with Gasteiger partial charge in [0.1, 0.15) is 0 Å². The van der Waals surface area contributed by atoms with Crippen molar-refractivity contribution in [1.29, 1.82) is 0 Å². The van der Waals surface area contributed by atoms with Crippen LogP contribution >= 0.6 is 11.8 Å². The van der Waals surface area contributed by atoms with Crippen molar-refractivity contribution >= 4 is 23.6 Å². The van der Waals surface area contributed by atoms with Crippen molar-refractivity contribution in [2.75, 3.05) is 46.0 Å². The number of carbonyl (C=O) groups is 1. The quantitative estimate of drug-likeness (QED) is 0.588. The Bertz CT molecular complexity index is 707. The van der Waals surface area contributed by atoms with Gasteiger partial charge in [0.25, 0.3) is 5.91 Å². The number of hydrogen-bond donors (Lipinski definition) is 1. The molecule has 2 aliphatic rings. The van der Waals surface area contributed by atoms with Crippen LogP contribution < -0.4 is 5.32 Å². The van der Waals surface area contributed by atoms with Crippen LogP contribution in [0.4, 0.5) is 0 Å². The molecule has 29 heavy (non-hydrogen) atoms. The maximum atomic E-state index is 12.2. The number of hydrogen-bond acceptors (Lipinski definition) is 3. The van der Waals surface area contributed by atoms with Crippen molar-refractivity contribution in [1.82, 2.24) is 15.1 Å². The Kier molecular flexibility index (Phi) is 7.87. The van der Waals surface area contributed by atoms with Crippen molar-refractivity contribution in [2.45, 2.75) is 50.2 Å². The van der Waals surface area contributed by atoms with E-state index in [1.165, 1.54) is 37.9 Å². The summed E-state index contributed by atoms with van der Waals surface area (Å²) >= 11 is 2.19. The summed E-state index contributed by atoms with van der Waals surface area (Å²) in [6.07, 6.45) is 7.68. The van der Waals surface area contributed by atoms with Gasteiger partial charge in [-0.3, -0.25) is 9.79 Å². The van der Waals surface area contributed by atoms with E-state index in [0.29, 0.717) is 4.75 Å². The van der Waals surface area contributed by atoms with Crippen molar-refractivity contribution < 1.29 is 4.79 Å². The summed E-state index contributed by atoms with van der Waals surface area (Å²) in [5.74, 6) is 2.30. The number of benzene rings is 1. The first-order chi connectivity index (χ1) is 14.0. The lowest BCUT2D eigenvalue weighted by atomic mass is 9.87. The van der Waals surface area contributed by atoms with Gasteiger partial charge in [0.15, 0.2) is 5.96 Å². The fraction of sp³-hybridized carbons (Fsp3) is 0.652. The number of nitrogens with zero attached hydrogens (tertiary/aromatic N) is 3. The van der Waals surface area contributed by atoms with Gasteiger partial charge in [-0.15, -0.1) is 0 Å². The molecule has 0 aromatic heterocycles. The molecular weight excluding hydrogens is 380 g/mol. The number of thioether (sulfide) groups is 1. The Balaban J connectivity index is 1.63. The van der Waals surface area contributed by atoms with E-state index in [4.69, 9.17) is 4.99 Å². The highest BCUT2D eigenvalue weighted by Crippen LogP contribution is 2.42. The largest absolute Gasteiger partial charge is 0.357 e. The molecular formula is C23H36N4OS. The molecule has 1 spiro atoms. The molecule has 3 rings (SSSR count). The number of rotatable bonds is 5. The maximum absolute atomic E-state index is 12.2. The van der Waals surface area contributed by atoms with Gasteiger partial charge in [-0.05, 0) is 43.9 Å². The van der Waals surface area contributed by atoms with Gasteiger partial charge in [-0.2, -0.15) is 11.8 Å². The molecule has 5 nitrogen and oxygen atoms in total. The number of guanidine groups is 1. The molecule has 0 unspecified atom stereocenters. The van der Waals surface area contributed by atoms with Crippen LogP contribution in [0.3, 0.4) is 0 Å². The first-order valence-corrected chi connectivity index (χ1v) is 12.0. The molecule has 0 radical (unpaired) electrons. The Morgan fingerprint density at radius 1 is 1.28 bits per heavy atom. The van der Waals surface area contributed by atoms with Gasteiger partial charge in [-0.1, -0.05) is 31.4 Å². The van der Waals surface area contributed by atoms with Crippen molar-refractivity contribution in [3.63, 3.8) is 0 Å². The Hall–Kier alpha value is -1.69. The minimum atomic E-state index is 0.0484. The second-order valence-corrected chi connectivity index (χ2v) is 9.96. The third kappa shape index (κ3) is 5.91. The second-order valence-electron chi connectivity index (χ2n) is 8.40. The van der Waals surface area contributed by atoms with Gasteiger partial charge < -0.3 is 15.1 Å². The smallest absolute Gasteiger partial charge is 0.253 e. The molecule has 1 amide bonds. The third-order valence-corrected chi connectivity index (χ3v) is 7.43. The van der Waals surface area contributed by atoms with Crippen LogP contribution in [0.1, 0.15) is 54.9 Å². The van der Waals surface area contributed by atoms with E-state index in [2.05, 4.69) is 35.0 Å². The average molecular weight is 417 g/mol. The summed E-state index contributed by atoms with van der Waals surface area (Å²) < 4.78 is 0.438. The van der Waals surface area contributed by atoms with Gasteiger partial charge in [0.2, 0.25) is 0 Å².